The first kappa shape index (κ1) is 13.9. The van der Waals surface area contributed by atoms with Crippen molar-refractivity contribution < 1.29 is 10.2 Å². The number of unbranched alkanes of at least 4 members (excludes halogenated alkanes) is 3. The minimum atomic E-state index is -0.579. The van der Waals surface area contributed by atoms with Crippen molar-refractivity contribution in [1.29, 1.82) is 0 Å². The third kappa shape index (κ3) is 8.52. The molecule has 0 saturated carbocycles. The molecule has 2 nitrogen and oxygen atoms in total. The van der Waals surface area contributed by atoms with Crippen LogP contribution in [0.25, 0.3) is 0 Å². The molecule has 0 heterocycles. The SMILES string of the molecule is CCCCCCC(C)(O)CCC(C)O. The van der Waals surface area contributed by atoms with Crippen LogP contribution in [0.5, 0.6) is 0 Å². The van der Waals surface area contributed by atoms with Crippen LogP contribution < -0.4 is 0 Å². The summed E-state index contributed by atoms with van der Waals surface area (Å²) in [6.07, 6.45) is 6.76. The Hall–Kier alpha value is -0.0800. The first-order valence-corrected chi connectivity index (χ1v) is 5.88. The lowest BCUT2D eigenvalue weighted by Crippen LogP contribution is -2.25. The minimum Gasteiger partial charge on any atom is -0.393 e. The van der Waals surface area contributed by atoms with Crippen molar-refractivity contribution in [3.05, 3.63) is 0 Å². The Morgan fingerprint density at radius 1 is 1.14 bits per heavy atom. The summed E-state index contributed by atoms with van der Waals surface area (Å²) >= 11 is 0. The molecule has 14 heavy (non-hydrogen) atoms. The number of hydrogen-bond acceptors (Lipinski definition) is 2. The van der Waals surface area contributed by atoms with Crippen molar-refractivity contribution in [1.82, 2.24) is 0 Å². The van der Waals surface area contributed by atoms with Crippen LogP contribution >= 0.6 is 0 Å². The third-order valence-corrected chi connectivity index (χ3v) is 2.67. The summed E-state index contributed by atoms with van der Waals surface area (Å²) in [6.45, 7) is 5.83. The van der Waals surface area contributed by atoms with Gasteiger partial charge in [0, 0.05) is 0 Å². The molecule has 2 unspecified atom stereocenters. The van der Waals surface area contributed by atoms with Gasteiger partial charge in [-0.3, -0.25) is 0 Å². The van der Waals surface area contributed by atoms with Crippen LogP contribution in [-0.2, 0) is 0 Å². The third-order valence-electron chi connectivity index (χ3n) is 2.67. The lowest BCUT2D eigenvalue weighted by atomic mass is 9.92. The van der Waals surface area contributed by atoms with E-state index in [-0.39, 0.29) is 6.10 Å². The van der Waals surface area contributed by atoms with Gasteiger partial charge < -0.3 is 10.2 Å². The summed E-state index contributed by atoms with van der Waals surface area (Å²) in [6, 6.07) is 0. The molecule has 0 aliphatic carbocycles. The molecule has 0 fully saturated rings. The number of rotatable bonds is 8. The van der Waals surface area contributed by atoms with Crippen LogP contribution in [0.1, 0.15) is 65.7 Å². The van der Waals surface area contributed by atoms with Gasteiger partial charge in [-0.05, 0) is 33.1 Å². The molecule has 2 heteroatoms. The average Bonchev–Trinajstić information content (AvgIpc) is 2.10. The molecule has 0 aromatic carbocycles. The van der Waals surface area contributed by atoms with Crippen molar-refractivity contribution in [2.45, 2.75) is 77.4 Å². The standard InChI is InChI=1S/C12H26O2/c1-4-5-6-7-9-12(3,14)10-8-11(2)13/h11,13-14H,4-10H2,1-3H3. The van der Waals surface area contributed by atoms with Gasteiger partial charge in [0.2, 0.25) is 0 Å². The maximum atomic E-state index is 9.95. The Balaban J connectivity index is 3.50. The zero-order valence-corrected chi connectivity index (χ0v) is 9.92. The highest BCUT2D eigenvalue weighted by molar-refractivity contribution is 4.73. The Labute approximate surface area is 88.3 Å². The van der Waals surface area contributed by atoms with Crippen LogP contribution in [0.4, 0.5) is 0 Å². The summed E-state index contributed by atoms with van der Waals surface area (Å²) in [5.41, 5.74) is -0.579. The summed E-state index contributed by atoms with van der Waals surface area (Å²) in [4.78, 5) is 0. The molecule has 0 aromatic heterocycles. The van der Waals surface area contributed by atoms with Gasteiger partial charge in [-0.25, -0.2) is 0 Å². The van der Waals surface area contributed by atoms with E-state index in [1.807, 2.05) is 6.92 Å². The minimum absolute atomic E-state index is 0.294. The molecule has 0 aliphatic rings. The molecular weight excluding hydrogens is 176 g/mol. The zero-order valence-electron chi connectivity index (χ0n) is 9.92. The highest BCUT2D eigenvalue weighted by Crippen LogP contribution is 2.21. The van der Waals surface area contributed by atoms with Crippen LogP contribution in [-0.4, -0.2) is 21.9 Å². The fourth-order valence-electron chi connectivity index (χ4n) is 1.58. The molecule has 2 N–H and O–H groups in total. The smallest absolute Gasteiger partial charge is 0.0620 e. The Bertz CT molecular complexity index is 130. The van der Waals surface area contributed by atoms with E-state index in [4.69, 9.17) is 5.11 Å². The summed E-state index contributed by atoms with van der Waals surface area (Å²) in [7, 11) is 0. The van der Waals surface area contributed by atoms with E-state index >= 15 is 0 Å². The summed E-state index contributed by atoms with van der Waals surface area (Å²) < 4.78 is 0. The van der Waals surface area contributed by atoms with Crippen molar-refractivity contribution in [3.63, 3.8) is 0 Å². The molecule has 0 aliphatic heterocycles. The summed E-state index contributed by atoms with van der Waals surface area (Å²) in [5.74, 6) is 0. The van der Waals surface area contributed by atoms with Crippen molar-refractivity contribution in [3.8, 4) is 0 Å². The lowest BCUT2D eigenvalue weighted by molar-refractivity contribution is 0.0246. The zero-order chi connectivity index (χ0) is 11.0. The van der Waals surface area contributed by atoms with Crippen LogP contribution in [0.15, 0.2) is 0 Å². The maximum absolute atomic E-state index is 9.95. The molecular formula is C12H26O2. The molecule has 2 atom stereocenters. The normalized spacial score (nSPS) is 17.8. The largest absolute Gasteiger partial charge is 0.393 e. The van der Waals surface area contributed by atoms with Gasteiger partial charge in [0.05, 0.1) is 11.7 Å². The Morgan fingerprint density at radius 3 is 2.29 bits per heavy atom. The second-order valence-corrected chi connectivity index (χ2v) is 4.70. The first-order chi connectivity index (χ1) is 6.48. The first-order valence-electron chi connectivity index (χ1n) is 5.88. The van der Waals surface area contributed by atoms with E-state index in [0.29, 0.717) is 12.8 Å². The second-order valence-electron chi connectivity index (χ2n) is 4.70. The molecule has 86 valence electrons. The van der Waals surface area contributed by atoms with Gasteiger partial charge in [-0.1, -0.05) is 32.6 Å². The van der Waals surface area contributed by atoms with Gasteiger partial charge in [-0.2, -0.15) is 0 Å². The fourth-order valence-corrected chi connectivity index (χ4v) is 1.58. The highest BCUT2D eigenvalue weighted by Gasteiger charge is 2.19. The second kappa shape index (κ2) is 7.24. The van der Waals surface area contributed by atoms with Crippen molar-refractivity contribution >= 4 is 0 Å². The topological polar surface area (TPSA) is 40.5 Å². The van der Waals surface area contributed by atoms with Gasteiger partial charge >= 0.3 is 0 Å². The number of hydrogen-bond donors (Lipinski definition) is 2. The molecule has 0 saturated heterocycles. The Kier molecular flexibility index (Phi) is 7.20. The number of aliphatic hydroxyl groups is 2. The quantitative estimate of drug-likeness (QED) is 0.594. The van der Waals surface area contributed by atoms with Crippen molar-refractivity contribution in [2.75, 3.05) is 0 Å². The van der Waals surface area contributed by atoms with Gasteiger partial charge in [-0.15, -0.1) is 0 Å². The van der Waals surface area contributed by atoms with Gasteiger partial charge in [0.15, 0.2) is 0 Å². The van der Waals surface area contributed by atoms with E-state index in [9.17, 15) is 5.11 Å². The van der Waals surface area contributed by atoms with Crippen LogP contribution in [0, 0.1) is 0 Å². The van der Waals surface area contributed by atoms with E-state index in [1.165, 1.54) is 19.3 Å². The van der Waals surface area contributed by atoms with Gasteiger partial charge in [0.1, 0.15) is 0 Å². The fraction of sp³-hybridized carbons (Fsp3) is 1.00. The molecule has 0 radical (unpaired) electrons. The molecule has 0 aromatic rings. The Morgan fingerprint density at radius 2 is 1.79 bits per heavy atom. The van der Waals surface area contributed by atoms with E-state index in [2.05, 4.69) is 6.92 Å². The predicted molar refractivity (Wildman–Crippen MR) is 60.3 cm³/mol. The monoisotopic (exact) mass is 202 g/mol. The molecule has 0 bridgehead atoms. The molecule has 0 spiro atoms. The molecule has 0 rings (SSSR count). The molecule has 0 amide bonds. The highest BCUT2D eigenvalue weighted by atomic mass is 16.3. The predicted octanol–water partition coefficient (Wildman–Crippen LogP) is 2.87. The lowest BCUT2D eigenvalue weighted by Gasteiger charge is -2.23. The van der Waals surface area contributed by atoms with E-state index in [0.717, 1.165) is 12.8 Å². The average molecular weight is 202 g/mol. The summed E-state index contributed by atoms with van der Waals surface area (Å²) in [5, 5.41) is 19.1. The van der Waals surface area contributed by atoms with Crippen LogP contribution in [0.2, 0.25) is 0 Å². The van der Waals surface area contributed by atoms with E-state index in [1.54, 1.807) is 6.92 Å². The number of aliphatic hydroxyl groups excluding tert-OH is 1. The van der Waals surface area contributed by atoms with Crippen LogP contribution in [0.3, 0.4) is 0 Å². The van der Waals surface area contributed by atoms with Gasteiger partial charge in [0.25, 0.3) is 0 Å². The maximum Gasteiger partial charge on any atom is 0.0620 e. The van der Waals surface area contributed by atoms with Crippen molar-refractivity contribution in [2.24, 2.45) is 0 Å². The van der Waals surface area contributed by atoms with E-state index < -0.39 is 5.60 Å².